The first-order chi connectivity index (χ1) is 11.8. The van der Waals surface area contributed by atoms with Gasteiger partial charge in [0.2, 0.25) is 0 Å². The monoisotopic (exact) mass is 340 g/mol. The summed E-state index contributed by atoms with van der Waals surface area (Å²) in [7, 11) is 0. The van der Waals surface area contributed by atoms with Gasteiger partial charge in [0.25, 0.3) is 5.95 Å². The Morgan fingerprint density at radius 3 is 2.28 bits per heavy atom. The highest BCUT2D eigenvalue weighted by Crippen LogP contribution is 2.60. The third kappa shape index (κ3) is 2.49. The van der Waals surface area contributed by atoms with Gasteiger partial charge in [-0.25, -0.2) is 14.8 Å². The number of urea groups is 1. The van der Waals surface area contributed by atoms with Crippen LogP contribution in [0.2, 0.25) is 0 Å². The number of aryl methyl sites for hydroxylation is 2. The van der Waals surface area contributed by atoms with Gasteiger partial charge in [0, 0.05) is 30.5 Å². The Kier molecular flexibility index (Phi) is 3.39. The number of likely N-dealkylation sites (tertiary alicyclic amines) is 1. The van der Waals surface area contributed by atoms with Gasteiger partial charge in [0.05, 0.1) is 6.20 Å². The van der Waals surface area contributed by atoms with Crippen molar-refractivity contribution < 1.29 is 4.79 Å². The first-order valence-electron chi connectivity index (χ1n) is 8.72. The lowest BCUT2D eigenvalue weighted by Crippen LogP contribution is -2.45. The normalized spacial score (nSPS) is 27.8. The maximum atomic E-state index is 12.8. The molecule has 1 saturated carbocycles. The number of aromatic nitrogens is 4. The van der Waals surface area contributed by atoms with Gasteiger partial charge in [-0.3, -0.25) is 5.32 Å². The van der Waals surface area contributed by atoms with E-state index in [0.717, 1.165) is 24.5 Å². The fourth-order valence-electron chi connectivity index (χ4n) is 4.11. The number of rotatable bonds is 2. The predicted octanol–water partition coefficient (Wildman–Crippen LogP) is 2.93. The van der Waals surface area contributed by atoms with Crippen molar-refractivity contribution in [1.29, 1.82) is 0 Å². The molecule has 7 nitrogen and oxygen atoms in total. The zero-order chi connectivity index (χ0) is 17.8. The second kappa shape index (κ2) is 5.28. The third-order valence-corrected chi connectivity index (χ3v) is 6.09. The van der Waals surface area contributed by atoms with Crippen LogP contribution in [0.25, 0.3) is 5.95 Å². The molecule has 2 atom stereocenters. The molecule has 1 N–H and O–H groups in total. The largest absolute Gasteiger partial charge is 0.323 e. The molecule has 0 bridgehead atoms. The minimum atomic E-state index is -0.0806. The lowest BCUT2D eigenvalue weighted by Gasteiger charge is -2.50. The van der Waals surface area contributed by atoms with Crippen LogP contribution in [0.1, 0.15) is 38.1 Å². The van der Waals surface area contributed by atoms with Crippen molar-refractivity contribution in [3.63, 3.8) is 0 Å². The molecular weight excluding hydrogens is 316 g/mol. The number of fused-ring (bicyclic) bond motifs is 1. The van der Waals surface area contributed by atoms with Crippen LogP contribution >= 0.6 is 0 Å². The second-order valence-corrected chi connectivity index (χ2v) is 7.99. The number of carbonyl (C=O) groups excluding carboxylic acids is 1. The molecule has 1 aliphatic heterocycles. The van der Waals surface area contributed by atoms with Crippen molar-refractivity contribution in [2.45, 2.75) is 40.5 Å². The van der Waals surface area contributed by atoms with Gasteiger partial charge in [-0.05, 0) is 43.6 Å². The van der Waals surface area contributed by atoms with E-state index in [1.165, 1.54) is 12.8 Å². The van der Waals surface area contributed by atoms with Gasteiger partial charge in [-0.2, -0.15) is 9.78 Å². The number of hydrogen-bond donors (Lipinski definition) is 1. The molecule has 0 unspecified atom stereocenters. The highest BCUT2D eigenvalue weighted by atomic mass is 16.2. The quantitative estimate of drug-likeness (QED) is 0.912. The average Bonchev–Trinajstić information content (AvgIpc) is 3.05. The Balaban J connectivity index is 1.55. The molecule has 1 saturated heterocycles. The minimum Gasteiger partial charge on any atom is -0.323 e. The predicted molar refractivity (Wildman–Crippen MR) is 94.7 cm³/mol. The van der Waals surface area contributed by atoms with E-state index < -0.39 is 0 Å². The Morgan fingerprint density at radius 2 is 1.72 bits per heavy atom. The molecule has 0 radical (unpaired) electrons. The van der Waals surface area contributed by atoms with Gasteiger partial charge in [-0.1, -0.05) is 13.8 Å². The fraction of sp³-hybridized carbons (Fsp3) is 0.556. The summed E-state index contributed by atoms with van der Waals surface area (Å²) in [6.07, 6.45) is 4.04. The molecule has 3 heterocycles. The number of carbonyl (C=O) groups is 1. The van der Waals surface area contributed by atoms with Crippen LogP contribution in [0.4, 0.5) is 10.6 Å². The summed E-state index contributed by atoms with van der Waals surface area (Å²) >= 11 is 0. The SMILES string of the molecule is Cc1cc(C)nc(-n2nccc2NC(=O)N2C[C@]3(C)CC[C@]3(C)C2)n1. The number of nitrogens with one attached hydrogen (secondary N) is 1. The number of hydrogen-bond acceptors (Lipinski definition) is 4. The summed E-state index contributed by atoms with van der Waals surface area (Å²) < 4.78 is 1.58. The molecule has 0 aromatic carbocycles. The molecular formula is C18H24N6O. The van der Waals surface area contributed by atoms with Crippen molar-refractivity contribution in [1.82, 2.24) is 24.6 Å². The van der Waals surface area contributed by atoms with Crippen LogP contribution in [0.5, 0.6) is 0 Å². The molecule has 2 amide bonds. The molecule has 2 aliphatic rings. The van der Waals surface area contributed by atoms with Gasteiger partial charge in [0.15, 0.2) is 0 Å². The Labute approximate surface area is 147 Å². The summed E-state index contributed by atoms with van der Waals surface area (Å²) in [6.45, 7) is 10.0. The smallest absolute Gasteiger partial charge is 0.323 e. The van der Waals surface area contributed by atoms with Gasteiger partial charge < -0.3 is 4.90 Å². The lowest BCUT2D eigenvalue weighted by molar-refractivity contribution is 0.00430. The third-order valence-electron chi connectivity index (χ3n) is 6.09. The maximum absolute atomic E-state index is 12.8. The van der Waals surface area contributed by atoms with Crippen LogP contribution in [-0.2, 0) is 0 Å². The van der Waals surface area contributed by atoms with Crippen LogP contribution in [-0.4, -0.2) is 43.8 Å². The zero-order valence-electron chi connectivity index (χ0n) is 15.2. The fourth-order valence-corrected chi connectivity index (χ4v) is 4.11. The lowest BCUT2D eigenvalue weighted by atomic mass is 9.53. The van der Waals surface area contributed by atoms with E-state index in [-0.39, 0.29) is 16.9 Å². The van der Waals surface area contributed by atoms with Crippen molar-refractivity contribution >= 4 is 11.8 Å². The number of amides is 2. The van der Waals surface area contributed by atoms with Crippen LogP contribution < -0.4 is 5.32 Å². The first kappa shape index (κ1) is 16.1. The molecule has 2 aromatic rings. The highest BCUT2D eigenvalue weighted by molar-refractivity contribution is 5.89. The average molecular weight is 340 g/mol. The highest BCUT2D eigenvalue weighted by Gasteiger charge is 2.59. The molecule has 2 aromatic heterocycles. The summed E-state index contributed by atoms with van der Waals surface area (Å²) in [6, 6.07) is 3.60. The number of anilines is 1. The summed E-state index contributed by atoms with van der Waals surface area (Å²) in [5.41, 5.74) is 2.24. The van der Waals surface area contributed by atoms with Gasteiger partial charge in [0.1, 0.15) is 5.82 Å². The molecule has 132 valence electrons. The van der Waals surface area contributed by atoms with E-state index in [1.807, 2.05) is 24.8 Å². The minimum absolute atomic E-state index is 0.0806. The van der Waals surface area contributed by atoms with E-state index in [4.69, 9.17) is 0 Å². The van der Waals surface area contributed by atoms with E-state index in [2.05, 4.69) is 34.2 Å². The molecule has 4 rings (SSSR count). The summed E-state index contributed by atoms with van der Waals surface area (Å²) in [5.74, 6) is 1.06. The van der Waals surface area contributed by atoms with E-state index in [0.29, 0.717) is 11.8 Å². The van der Waals surface area contributed by atoms with Crippen LogP contribution in [0.15, 0.2) is 18.3 Å². The van der Waals surface area contributed by atoms with Crippen molar-refractivity contribution in [3.8, 4) is 5.95 Å². The maximum Gasteiger partial charge on any atom is 0.323 e. The summed E-state index contributed by atoms with van der Waals surface area (Å²) in [4.78, 5) is 23.5. The standard InChI is InChI=1S/C18H24N6O/c1-12-9-13(2)21-15(20-12)24-14(5-8-19-24)22-16(25)23-10-17(3)6-7-18(17,4)11-23/h5,8-9H,6-7,10-11H2,1-4H3,(H,22,25)/t17-,18+. The zero-order valence-corrected chi connectivity index (χ0v) is 15.2. The van der Waals surface area contributed by atoms with Crippen molar-refractivity contribution in [3.05, 3.63) is 29.7 Å². The van der Waals surface area contributed by atoms with Crippen molar-refractivity contribution in [2.75, 3.05) is 18.4 Å². The first-order valence-corrected chi connectivity index (χ1v) is 8.72. The second-order valence-electron chi connectivity index (χ2n) is 7.99. The molecule has 25 heavy (non-hydrogen) atoms. The van der Waals surface area contributed by atoms with E-state index in [9.17, 15) is 4.79 Å². The van der Waals surface area contributed by atoms with E-state index in [1.54, 1.807) is 16.9 Å². The van der Waals surface area contributed by atoms with Gasteiger partial charge >= 0.3 is 6.03 Å². The molecule has 2 fully saturated rings. The van der Waals surface area contributed by atoms with Crippen molar-refractivity contribution in [2.24, 2.45) is 10.8 Å². The van der Waals surface area contributed by atoms with E-state index >= 15 is 0 Å². The Morgan fingerprint density at radius 1 is 1.12 bits per heavy atom. The Hall–Kier alpha value is -2.44. The summed E-state index contributed by atoms with van der Waals surface area (Å²) in [5, 5.41) is 7.26. The van der Waals surface area contributed by atoms with Gasteiger partial charge in [-0.15, -0.1) is 0 Å². The molecule has 0 spiro atoms. The molecule has 1 aliphatic carbocycles. The van der Waals surface area contributed by atoms with Crippen LogP contribution in [0.3, 0.4) is 0 Å². The van der Waals surface area contributed by atoms with Crippen LogP contribution in [0, 0.1) is 24.7 Å². The Bertz CT molecular complexity index is 808. The molecule has 7 heteroatoms. The topological polar surface area (TPSA) is 75.9 Å². The number of nitrogens with zero attached hydrogens (tertiary/aromatic N) is 5.